The summed E-state index contributed by atoms with van der Waals surface area (Å²) in [6, 6.07) is 0. The monoisotopic (exact) mass is 211 g/mol. The second kappa shape index (κ2) is 3.66. The van der Waals surface area contributed by atoms with Crippen LogP contribution < -0.4 is 0 Å². The van der Waals surface area contributed by atoms with Crippen molar-refractivity contribution in [2.45, 2.75) is 31.8 Å². The number of hydrogen-bond acceptors (Lipinski definition) is 4. The molecule has 2 rings (SSSR count). The number of rotatable bonds is 2. The largest absolute Gasteiger partial charge is 0.475 e. The summed E-state index contributed by atoms with van der Waals surface area (Å²) < 4.78 is 10.7. The van der Waals surface area contributed by atoms with Gasteiger partial charge in [-0.1, -0.05) is 0 Å². The average molecular weight is 211 g/mol. The van der Waals surface area contributed by atoms with E-state index in [1.807, 2.05) is 6.92 Å². The van der Waals surface area contributed by atoms with Crippen molar-refractivity contribution in [2.75, 3.05) is 6.61 Å². The molecule has 1 aromatic heterocycles. The third-order valence-corrected chi connectivity index (χ3v) is 2.64. The number of carbonyl (C=O) groups is 1. The van der Waals surface area contributed by atoms with Crippen molar-refractivity contribution in [3.05, 3.63) is 17.8 Å². The average Bonchev–Trinajstić information content (AvgIpc) is 2.68. The summed E-state index contributed by atoms with van der Waals surface area (Å²) in [5.41, 5.74) is -0.564. The van der Waals surface area contributed by atoms with Crippen LogP contribution in [0, 0.1) is 0 Å². The number of carboxylic acids is 1. The first kappa shape index (κ1) is 10.2. The molecule has 0 radical (unpaired) electrons. The van der Waals surface area contributed by atoms with E-state index in [0.717, 1.165) is 19.3 Å². The minimum absolute atomic E-state index is 0.139. The molecule has 1 fully saturated rings. The number of aromatic carboxylic acids is 1. The van der Waals surface area contributed by atoms with Crippen molar-refractivity contribution < 1.29 is 19.1 Å². The Balaban J connectivity index is 2.23. The molecule has 0 aromatic carbocycles. The lowest BCUT2D eigenvalue weighted by atomic mass is 9.96. The Hall–Kier alpha value is -1.36. The first-order chi connectivity index (χ1) is 7.12. The Kier molecular flexibility index (Phi) is 2.48. The highest BCUT2D eigenvalue weighted by Crippen LogP contribution is 2.33. The first-order valence-electron chi connectivity index (χ1n) is 4.95. The van der Waals surface area contributed by atoms with Gasteiger partial charge in [0.15, 0.2) is 0 Å². The molecule has 5 nitrogen and oxygen atoms in total. The number of hydrogen-bond donors (Lipinski definition) is 1. The molecule has 0 amide bonds. The summed E-state index contributed by atoms with van der Waals surface area (Å²) in [5.74, 6) is -0.881. The van der Waals surface area contributed by atoms with Gasteiger partial charge in [0, 0.05) is 6.61 Å². The van der Waals surface area contributed by atoms with Gasteiger partial charge in [-0.2, -0.15) is 0 Å². The molecule has 15 heavy (non-hydrogen) atoms. The maximum Gasteiger partial charge on any atom is 0.373 e. The quantitative estimate of drug-likeness (QED) is 0.807. The number of aromatic nitrogens is 1. The van der Waals surface area contributed by atoms with Crippen LogP contribution in [0.25, 0.3) is 0 Å². The van der Waals surface area contributed by atoms with Crippen molar-refractivity contribution in [1.82, 2.24) is 4.98 Å². The van der Waals surface area contributed by atoms with Gasteiger partial charge in [0.1, 0.15) is 5.60 Å². The molecule has 1 atom stereocenters. The van der Waals surface area contributed by atoms with Gasteiger partial charge >= 0.3 is 5.97 Å². The molecular weight excluding hydrogens is 198 g/mol. The molecule has 82 valence electrons. The molecule has 0 spiro atoms. The summed E-state index contributed by atoms with van der Waals surface area (Å²) in [6.07, 6.45) is 4.11. The van der Waals surface area contributed by atoms with E-state index in [0.29, 0.717) is 12.5 Å². The number of nitrogens with zero attached hydrogens (tertiary/aromatic N) is 1. The second-order valence-corrected chi connectivity index (χ2v) is 3.87. The van der Waals surface area contributed by atoms with Crippen LogP contribution in [0.5, 0.6) is 0 Å². The third-order valence-electron chi connectivity index (χ3n) is 2.64. The molecule has 1 aromatic rings. The summed E-state index contributed by atoms with van der Waals surface area (Å²) in [5, 5.41) is 8.71. The van der Waals surface area contributed by atoms with E-state index in [1.165, 1.54) is 6.20 Å². The predicted octanol–water partition coefficient (Wildman–Crippen LogP) is 1.79. The zero-order valence-corrected chi connectivity index (χ0v) is 8.52. The van der Waals surface area contributed by atoms with E-state index in [4.69, 9.17) is 14.3 Å². The molecule has 0 saturated carbocycles. The molecule has 2 heterocycles. The van der Waals surface area contributed by atoms with E-state index in [9.17, 15) is 4.79 Å². The molecule has 1 saturated heterocycles. The number of ether oxygens (including phenoxy) is 1. The molecule has 1 aliphatic heterocycles. The van der Waals surface area contributed by atoms with Gasteiger partial charge in [0.2, 0.25) is 11.7 Å². The SMILES string of the molecule is CC1(c2ncc(C(=O)O)o2)CCCCO1. The van der Waals surface area contributed by atoms with Gasteiger partial charge < -0.3 is 14.3 Å². The van der Waals surface area contributed by atoms with Crippen molar-refractivity contribution in [3.8, 4) is 0 Å². The highest BCUT2D eigenvalue weighted by Gasteiger charge is 2.35. The van der Waals surface area contributed by atoms with Crippen LogP contribution in [0.1, 0.15) is 42.6 Å². The summed E-state index contributed by atoms with van der Waals surface area (Å²) >= 11 is 0. The Morgan fingerprint density at radius 1 is 1.60 bits per heavy atom. The minimum atomic E-state index is -1.10. The van der Waals surface area contributed by atoms with Crippen LogP contribution in [-0.4, -0.2) is 22.7 Å². The van der Waals surface area contributed by atoms with Crippen LogP contribution in [0.2, 0.25) is 0 Å². The lowest BCUT2D eigenvalue weighted by molar-refractivity contribution is -0.0869. The van der Waals surface area contributed by atoms with Crippen LogP contribution in [-0.2, 0) is 10.3 Å². The highest BCUT2D eigenvalue weighted by molar-refractivity contribution is 5.83. The fourth-order valence-electron chi connectivity index (χ4n) is 1.72. The summed E-state index contributed by atoms with van der Waals surface area (Å²) in [4.78, 5) is 14.6. The van der Waals surface area contributed by atoms with Crippen molar-refractivity contribution >= 4 is 5.97 Å². The first-order valence-corrected chi connectivity index (χ1v) is 4.95. The maximum atomic E-state index is 10.6. The molecule has 1 N–H and O–H groups in total. The number of oxazole rings is 1. The van der Waals surface area contributed by atoms with Gasteiger partial charge in [-0.25, -0.2) is 9.78 Å². The van der Waals surface area contributed by atoms with E-state index in [1.54, 1.807) is 0 Å². The topological polar surface area (TPSA) is 72.6 Å². The Morgan fingerprint density at radius 2 is 2.40 bits per heavy atom. The van der Waals surface area contributed by atoms with Crippen molar-refractivity contribution in [3.63, 3.8) is 0 Å². The van der Waals surface area contributed by atoms with E-state index < -0.39 is 11.6 Å². The van der Waals surface area contributed by atoms with Crippen molar-refractivity contribution in [2.24, 2.45) is 0 Å². The predicted molar refractivity (Wildman–Crippen MR) is 50.6 cm³/mol. The summed E-state index contributed by atoms with van der Waals surface area (Å²) in [7, 11) is 0. The molecule has 5 heteroatoms. The zero-order chi connectivity index (χ0) is 10.9. The molecule has 1 aliphatic rings. The summed E-state index contributed by atoms with van der Waals surface area (Å²) in [6.45, 7) is 2.55. The van der Waals surface area contributed by atoms with Gasteiger partial charge in [0.25, 0.3) is 0 Å². The third kappa shape index (κ3) is 1.87. The molecular formula is C10H13NO4. The van der Waals surface area contributed by atoms with E-state index >= 15 is 0 Å². The van der Waals surface area contributed by atoms with Gasteiger partial charge in [0.05, 0.1) is 6.20 Å². The minimum Gasteiger partial charge on any atom is -0.475 e. The Bertz CT molecular complexity index is 365. The van der Waals surface area contributed by atoms with E-state index in [2.05, 4.69) is 4.98 Å². The lowest BCUT2D eigenvalue weighted by Crippen LogP contribution is -2.30. The highest BCUT2D eigenvalue weighted by atomic mass is 16.5. The number of carboxylic acid groups (broad SMARTS) is 1. The second-order valence-electron chi connectivity index (χ2n) is 3.87. The van der Waals surface area contributed by atoms with Gasteiger partial charge in [-0.05, 0) is 26.2 Å². The maximum absolute atomic E-state index is 10.6. The van der Waals surface area contributed by atoms with Crippen LogP contribution in [0.15, 0.2) is 10.6 Å². The Labute approximate surface area is 87.1 Å². The molecule has 0 aliphatic carbocycles. The fourth-order valence-corrected chi connectivity index (χ4v) is 1.72. The Morgan fingerprint density at radius 3 is 2.93 bits per heavy atom. The standard InChI is InChI=1S/C10H13NO4/c1-10(4-2-3-5-14-10)9-11-6-7(15-9)8(12)13/h6H,2-5H2,1H3,(H,12,13). The van der Waals surface area contributed by atoms with Gasteiger partial charge in [-0.3, -0.25) is 0 Å². The zero-order valence-electron chi connectivity index (χ0n) is 8.52. The molecule has 0 bridgehead atoms. The normalized spacial score (nSPS) is 26.5. The van der Waals surface area contributed by atoms with Crippen LogP contribution >= 0.6 is 0 Å². The van der Waals surface area contributed by atoms with E-state index in [-0.39, 0.29) is 5.76 Å². The van der Waals surface area contributed by atoms with Crippen LogP contribution in [0.4, 0.5) is 0 Å². The van der Waals surface area contributed by atoms with Crippen molar-refractivity contribution in [1.29, 1.82) is 0 Å². The van der Waals surface area contributed by atoms with Gasteiger partial charge in [-0.15, -0.1) is 0 Å². The van der Waals surface area contributed by atoms with Crippen LogP contribution in [0.3, 0.4) is 0 Å². The fraction of sp³-hybridized carbons (Fsp3) is 0.600. The lowest BCUT2D eigenvalue weighted by Gasteiger charge is -2.30. The smallest absolute Gasteiger partial charge is 0.373 e. The molecule has 1 unspecified atom stereocenters.